The Morgan fingerprint density at radius 2 is 1.58 bits per heavy atom. The zero-order chi connectivity index (χ0) is 18.0. The minimum Gasteiger partial charge on any atom is -0.484 e. The molecule has 0 saturated carbocycles. The summed E-state index contributed by atoms with van der Waals surface area (Å²) < 4.78 is 81.4. The highest BCUT2D eigenvalue weighted by Crippen LogP contribution is 2.33. The lowest BCUT2D eigenvalue weighted by molar-refractivity contribution is -0.274. The second kappa shape index (κ2) is 6.50. The van der Waals surface area contributed by atoms with Crippen LogP contribution in [-0.4, -0.2) is 19.1 Å². The van der Waals surface area contributed by atoms with Gasteiger partial charge in [-0.1, -0.05) is 12.1 Å². The van der Waals surface area contributed by atoms with Crippen molar-refractivity contribution in [2.24, 2.45) is 0 Å². The van der Waals surface area contributed by atoms with Gasteiger partial charge < -0.3 is 15.2 Å². The number of benzene rings is 2. The number of halogens is 6. The average Bonchev–Trinajstić information content (AvgIpc) is 2.43. The van der Waals surface area contributed by atoms with Crippen molar-refractivity contribution in [2.75, 3.05) is 12.3 Å². The smallest absolute Gasteiger partial charge is 0.484 e. The number of hydrogen-bond acceptors (Lipinski definition) is 3. The largest absolute Gasteiger partial charge is 0.573 e. The predicted molar refractivity (Wildman–Crippen MR) is 74.5 cm³/mol. The third kappa shape index (κ3) is 5.25. The molecule has 0 unspecified atom stereocenters. The maximum atomic E-state index is 12.2. The molecule has 0 aliphatic carbocycles. The van der Waals surface area contributed by atoms with Gasteiger partial charge in [0.05, 0.1) is 0 Å². The Kier molecular flexibility index (Phi) is 4.81. The molecule has 2 aromatic rings. The summed E-state index contributed by atoms with van der Waals surface area (Å²) in [7, 11) is 0. The second-order valence-electron chi connectivity index (χ2n) is 4.73. The molecule has 0 aliphatic rings. The summed E-state index contributed by atoms with van der Waals surface area (Å²) in [4.78, 5) is 0. The van der Waals surface area contributed by atoms with Crippen LogP contribution in [-0.2, 0) is 0 Å². The van der Waals surface area contributed by atoms with Crippen molar-refractivity contribution in [1.29, 1.82) is 0 Å². The van der Waals surface area contributed by atoms with Crippen molar-refractivity contribution in [2.45, 2.75) is 12.5 Å². The Morgan fingerprint density at radius 3 is 2.17 bits per heavy atom. The first-order chi connectivity index (χ1) is 11.0. The number of nitrogen functional groups attached to an aromatic ring is 1. The van der Waals surface area contributed by atoms with Crippen LogP contribution in [0.15, 0.2) is 42.5 Å². The van der Waals surface area contributed by atoms with Crippen LogP contribution in [0.1, 0.15) is 0 Å². The van der Waals surface area contributed by atoms with E-state index in [4.69, 9.17) is 5.73 Å². The molecule has 2 rings (SSSR count). The molecule has 24 heavy (non-hydrogen) atoms. The minimum atomic E-state index is -4.83. The minimum absolute atomic E-state index is 0.0545. The van der Waals surface area contributed by atoms with E-state index in [0.29, 0.717) is 11.1 Å². The van der Waals surface area contributed by atoms with E-state index >= 15 is 0 Å². The first-order valence-corrected chi connectivity index (χ1v) is 6.49. The van der Waals surface area contributed by atoms with Crippen molar-refractivity contribution in [1.82, 2.24) is 0 Å². The van der Waals surface area contributed by atoms with Crippen molar-refractivity contribution in [3.63, 3.8) is 0 Å². The van der Waals surface area contributed by atoms with Crippen LogP contribution < -0.4 is 15.2 Å². The normalized spacial score (nSPS) is 12.1. The molecule has 2 N–H and O–H groups in total. The Bertz CT molecular complexity index is 712. The fourth-order valence-electron chi connectivity index (χ4n) is 1.92. The van der Waals surface area contributed by atoms with Crippen LogP contribution in [0.4, 0.5) is 32.0 Å². The highest BCUT2D eigenvalue weighted by atomic mass is 19.4. The first-order valence-electron chi connectivity index (χ1n) is 6.49. The standard InChI is InChI=1S/C15H11F6NO2/c16-14(17,18)8-23-10-4-5-12(13(22)7-10)9-2-1-3-11(6-9)24-15(19,20)21/h1-7H,8,22H2. The monoisotopic (exact) mass is 351 g/mol. The Labute approximate surface area is 132 Å². The first kappa shape index (κ1) is 17.8. The van der Waals surface area contributed by atoms with E-state index < -0.39 is 24.9 Å². The number of anilines is 1. The summed E-state index contributed by atoms with van der Waals surface area (Å²) in [6, 6.07) is 8.83. The molecule has 0 heterocycles. The molecule has 0 fully saturated rings. The third-order valence-corrected chi connectivity index (χ3v) is 2.80. The van der Waals surface area contributed by atoms with Gasteiger partial charge in [0.2, 0.25) is 0 Å². The summed E-state index contributed by atoms with van der Waals surface area (Å²) in [5.74, 6) is -0.534. The van der Waals surface area contributed by atoms with Crippen LogP contribution in [0.2, 0.25) is 0 Å². The van der Waals surface area contributed by atoms with E-state index in [0.717, 1.165) is 12.1 Å². The number of nitrogens with two attached hydrogens (primary N) is 1. The quantitative estimate of drug-likeness (QED) is 0.637. The van der Waals surface area contributed by atoms with E-state index in [2.05, 4.69) is 9.47 Å². The summed E-state index contributed by atoms with van der Waals surface area (Å²) in [5.41, 5.74) is 6.45. The molecule has 130 valence electrons. The van der Waals surface area contributed by atoms with E-state index in [1.165, 1.54) is 30.3 Å². The van der Waals surface area contributed by atoms with Gasteiger partial charge in [0.25, 0.3) is 0 Å². The van der Waals surface area contributed by atoms with E-state index in [-0.39, 0.29) is 11.4 Å². The van der Waals surface area contributed by atoms with Crippen molar-refractivity contribution in [3.8, 4) is 22.6 Å². The van der Waals surface area contributed by atoms with E-state index in [9.17, 15) is 26.3 Å². The fourth-order valence-corrected chi connectivity index (χ4v) is 1.92. The number of hydrogen-bond donors (Lipinski definition) is 1. The summed E-state index contributed by atoms with van der Waals surface area (Å²) in [6.45, 7) is -1.47. The molecular formula is C15H11F6NO2. The predicted octanol–water partition coefficient (Wildman–Crippen LogP) is 4.78. The molecule has 0 aliphatic heterocycles. The zero-order valence-electron chi connectivity index (χ0n) is 11.9. The van der Waals surface area contributed by atoms with Gasteiger partial charge in [-0.2, -0.15) is 13.2 Å². The van der Waals surface area contributed by atoms with Gasteiger partial charge in [0.1, 0.15) is 11.5 Å². The second-order valence-corrected chi connectivity index (χ2v) is 4.73. The molecule has 0 saturated heterocycles. The van der Waals surface area contributed by atoms with Gasteiger partial charge in [0.15, 0.2) is 6.61 Å². The zero-order valence-corrected chi connectivity index (χ0v) is 11.9. The molecule has 0 spiro atoms. The molecule has 9 heteroatoms. The van der Waals surface area contributed by atoms with E-state index in [1.807, 2.05) is 0 Å². The molecule has 0 bridgehead atoms. The van der Waals surface area contributed by atoms with Gasteiger partial charge in [-0.25, -0.2) is 0 Å². The fraction of sp³-hybridized carbons (Fsp3) is 0.200. The molecular weight excluding hydrogens is 340 g/mol. The van der Waals surface area contributed by atoms with Crippen molar-refractivity contribution >= 4 is 5.69 Å². The van der Waals surface area contributed by atoms with Gasteiger partial charge in [0, 0.05) is 17.3 Å². The Hall–Kier alpha value is -2.58. The van der Waals surface area contributed by atoms with Crippen LogP contribution >= 0.6 is 0 Å². The van der Waals surface area contributed by atoms with Crippen molar-refractivity contribution < 1.29 is 35.8 Å². The average molecular weight is 351 g/mol. The topological polar surface area (TPSA) is 44.5 Å². The number of ether oxygens (including phenoxy) is 2. The highest BCUT2D eigenvalue weighted by molar-refractivity contribution is 5.78. The lowest BCUT2D eigenvalue weighted by atomic mass is 10.0. The van der Waals surface area contributed by atoms with Crippen LogP contribution in [0.5, 0.6) is 11.5 Å². The maximum Gasteiger partial charge on any atom is 0.573 e. The molecule has 0 aromatic heterocycles. The lowest BCUT2D eigenvalue weighted by Gasteiger charge is -2.13. The molecule has 0 amide bonds. The van der Waals surface area contributed by atoms with Gasteiger partial charge >= 0.3 is 12.5 Å². The Morgan fingerprint density at radius 1 is 0.875 bits per heavy atom. The third-order valence-electron chi connectivity index (χ3n) is 2.80. The number of rotatable bonds is 4. The van der Waals surface area contributed by atoms with Gasteiger partial charge in [-0.3, -0.25) is 0 Å². The van der Waals surface area contributed by atoms with Crippen molar-refractivity contribution in [3.05, 3.63) is 42.5 Å². The molecule has 0 radical (unpaired) electrons. The molecule has 0 atom stereocenters. The molecule has 2 aromatic carbocycles. The van der Waals surface area contributed by atoms with Crippen LogP contribution in [0.25, 0.3) is 11.1 Å². The van der Waals surface area contributed by atoms with Crippen LogP contribution in [0, 0.1) is 0 Å². The SMILES string of the molecule is Nc1cc(OCC(F)(F)F)ccc1-c1cccc(OC(F)(F)F)c1. The van der Waals surface area contributed by atoms with Gasteiger partial charge in [-0.15, -0.1) is 13.2 Å². The van der Waals surface area contributed by atoms with E-state index in [1.54, 1.807) is 0 Å². The van der Waals surface area contributed by atoms with Gasteiger partial charge in [-0.05, 0) is 29.8 Å². The van der Waals surface area contributed by atoms with Crippen LogP contribution in [0.3, 0.4) is 0 Å². The Balaban J connectivity index is 2.22. The number of alkyl halides is 6. The highest BCUT2D eigenvalue weighted by Gasteiger charge is 2.31. The molecule has 3 nitrogen and oxygen atoms in total. The summed E-state index contributed by atoms with van der Waals surface area (Å²) in [6.07, 6.45) is -9.32. The maximum absolute atomic E-state index is 12.2. The summed E-state index contributed by atoms with van der Waals surface area (Å²) in [5, 5.41) is 0. The summed E-state index contributed by atoms with van der Waals surface area (Å²) >= 11 is 0. The lowest BCUT2D eigenvalue weighted by Crippen LogP contribution is -2.19.